The van der Waals surface area contributed by atoms with Crippen LogP contribution in [0.4, 0.5) is 10.5 Å². The van der Waals surface area contributed by atoms with E-state index in [0.717, 1.165) is 5.56 Å². The number of aryl methyl sites for hydroxylation is 1. The molecule has 1 atom stereocenters. The van der Waals surface area contributed by atoms with Gasteiger partial charge in [-0.2, -0.15) is 0 Å². The Morgan fingerprint density at radius 1 is 1.31 bits per heavy atom. The van der Waals surface area contributed by atoms with Crippen LogP contribution < -0.4 is 14.8 Å². The molecule has 1 saturated heterocycles. The lowest BCUT2D eigenvalue weighted by molar-refractivity contribution is -0.00138. The molecule has 0 aliphatic carbocycles. The molecule has 138 valence electrons. The molecule has 1 N–H and O–H groups in total. The maximum Gasteiger partial charge on any atom is 0.322 e. The summed E-state index contributed by atoms with van der Waals surface area (Å²) in [6, 6.07) is 8.98. The van der Waals surface area contributed by atoms with E-state index in [1.165, 1.54) is 0 Å². The van der Waals surface area contributed by atoms with Crippen molar-refractivity contribution < 1.29 is 19.0 Å². The van der Waals surface area contributed by atoms with Crippen LogP contribution >= 0.6 is 0 Å². The predicted octanol–water partition coefficient (Wildman–Crippen LogP) is 3.44. The van der Waals surface area contributed by atoms with E-state index in [-0.39, 0.29) is 12.1 Å². The molecule has 1 unspecified atom stereocenters. The van der Waals surface area contributed by atoms with Crippen molar-refractivity contribution in [3.05, 3.63) is 42.1 Å². The van der Waals surface area contributed by atoms with Gasteiger partial charge in [-0.1, -0.05) is 6.07 Å². The minimum Gasteiger partial charge on any atom is -0.493 e. The molecule has 26 heavy (non-hydrogen) atoms. The van der Waals surface area contributed by atoms with Crippen LogP contribution in [0.3, 0.4) is 0 Å². The number of methoxy groups -OCH3 is 1. The lowest BCUT2D eigenvalue weighted by Crippen LogP contribution is -2.46. The molecule has 1 fully saturated rings. The number of morpholine rings is 1. The zero-order chi connectivity index (χ0) is 18.5. The third kappa shape index (κ3) is 4.43. The van der Waals surface area contributed by atoms with Crippen LogP contribution in [0.15, 0.2) is 36.5 Å². The predicted molar refractivity (Wildman–Crippen MR) is 98.0 cm³/mol. The van der Waals surface area contributed by atoms with E-state index in [1.807, 2.05) is 32.0 Å². The fourth-order valence-corrected chi connectivity index (χ4v) is 2.69. The molecule has 0 radical (unpaired) electrons. The molecule has 0 spiro atoms. The van der Waals surface area contributed by atoms with Crippen LogP contribution in [0.25, 0.3) is 0 Å². The lowest BCUT2D eigenvalue weighted by atomic mass is 10.2. The molecule has 3 rings (SSSR count). The van der Waals surface area contributed by atoms with Crippen molar-refractivity contribution in [2.45, 2.75) is 20.0 Å². The first-order valence-corrected chi connectivity index (χ1v) is 8.51. The maximum atomic E-state index is 12.3. The number of hydrogen-bond donors (Lipinski definition) is 1. The van der Waals surface area contributed by atoms with E-state index in [9.17, 15) is 4.79 Å². The number of hydrogen-bond acceptors (Lipinski definition) is 5. The zero-order valence-corrected chi connectivity index (χ0v) is 15.2. The maximum absolute atomic E-state index is 12.3. The number of anilines is 1. The summed E-state index contributed by atoms with van der Waals surface area (Å²) in [6.45, 7) is 5.65. The van der Waals surface area contributed by atoms with E-state index in [1.54, 1.807) is 30.3 Å². The Labute approximate surface area is 152 Å². The molecule has 7 nitrogen and oxygen atoms in total. The number of aromatic nitrogens is 1. The molecule has 2 heterocycles. The number of rotatable bonds is 4. The number of carbonyl (C=O) groups is 1. The summed E-state index contributed by atoms with van der Waals surface area (Å²) < 4.78 is 16.5. The summed E-state index contributed by atoms with van der Waals surface area (Å²) in [5.74, 6) is 1.65. The van der Waals surface area contributed by atoms with Gasteiger partial charge in [-0.05, 0) is 37.6 Å². The Bertz CT molecular complexity index is 764. The van der Waals surface area contributed by atoms with Gasteiger partial charge in [0.25, 0.3) is 0 Å². The minimum atomic E-state index is -0.157. The fourth-order valence-electron chi connectivity index (χ4n) is 2.69. The molecule has 0 saturated carbocycles. The van der Waals surface area contributed by atoms with Crippen LogP contribution in [0.5, 0.6) is 17.4 Å². The highest BCUT2D eigenvalue weighted by Crippen LogP contribution is 2.31. The number of pyridine rings is 1. The van der Waals surface area contributed by atoms with E-state index < -0.39 is 0 Å². The molecule has 7 heteroatoms. The molecule has 2 aromatic rings. The standard InChI is InChI=1S/C19H23N3O4/c1-13-4-6-16(17(10-13)24-3)26-18-7-5-15(11-20-18)21-19(23)22-8-9-25-14(2)12-22/h4-7,10-11,14H,8-9,12H2,1-3H3,(H,21,23). The second-order valence-electron chi connectivity index (χ2n) is 6.20. The molecule has 0 bridgehead atoms. The highest BCUT2D eigenvalue weighted by Gasteiger charge is 2.21. The quantitative estimate of drug-likeness (QED) is 0.907. The van der Waals surface area contributed by atoms with Crippen molar-refractivity contribution in [1.29, 1.82) is 0 Å². The largest absolute Gasteiger partial charge is 0.493 e. The summed E-state index contributed by atoms with van der Waals surface area (Å²) in [5, 5.41) is 2.84. The van der Waals surface area contributed by atoms with E-state index in [2.05, 4.69) is 10.3 Å². The number of amides is 2. The smallest absolute Gasteiger partial charge is 0.322 e. The molecule has 2 amide bonds. The van der Waals surface area contributed by atoms with Gasteiger partial charge in [-0.15, -0.1) is 0 Å². The molecular weight excluding hydrogens is 334 g/mol. The SMILES string of the molecule is COc1cc(C)ccc1Oc1ccc(NC(=O)N2CCOC(C)C2)cn1. The van der Waals surface area contributed by atoms with Gasteiger partial charge in [0.15, 0.2) is 11.5 Å². The number of nitrogens with zero attached hydrogens (tertiary/aromatic N) is 2. The Morgan fingerprint density at radius 2 is 2.15 bits per heavy atom. The molecular formula is C19H23N3O4. The van der Waals surface area contributed by atoms with Gasteiger partial charge in [0.05, 0.1) is 31.7 Å². The number of ether oxygens (including phenoxy) is 3. The molecule has 1 aliphatic heterocycles. The van der Waals surface area contributed by atoms with Crippen LogP contribution in [0.1, 0.15) is 12.5 Å². The normalized spacial score (nSPS) is 16.9. The minimum absolute atomic E-state index is 0.0490. The Morgan fingerprint density at radius 3 is 2.85 bits per heavy atom. The van der Waals surface area contributed by atoms with Crippen LogP contribution in [0, 0.1) is 6.92 Å². The van der Waals surface area contributed by atoms with E-state index in [0.29, 0.717) is 42.8 Å². The summed E-state index contributed by atoms with van der Waals surface area (Å²) >= 11 is 0. The second kappa shape index (κ2) is 8.05. The van der Waals surface area contributed by atoms with E-state index in [4.69, 9.17) is 14.2 Å². The van der Waals surface area contributed by atoms with Crippen molar-refractivity contribution in [3.8, 4) is 17.4 Å². The van der Waals surface area contributed by atoms with Crippen molar-refractivity contribution in [1.82, 2.24) is 9.88 Å². The fraction of sp³-hybridized carbons (Fsp3) is 0.368. The number of carbonyl (C=O) groups excluding carboxylic acids is 1. The summed E-state index contributed by atoms with van der Waals surface area (Å²) in [4.78, 5) is 18.3. The number of urea groups is 1. The number of nitrogens with one attached hydrogen (secondary N) is 1. The number of benzene rings is 1. The van der Waals surface area contributed by atoms with Gasteiger partial charge < -0.3 is 24.4 Å². The topological polar surface area (TPSA) is 72.9 Å². The highest BCUT2D eigenvalue weighted by molar-refractivity contribution is 5.89. The van der Waals surface area contributed by atoms with E-state index >= 15 is 0 Å². The van der Waals surface area contributed by atoms with Crippen molar-refractivity contribution in [2.75, 3.05) is 32.1 Å². The average Bonchev–Trinajstić information content (AvgIpc) is 2.64. The highest BCUT2D eigenvalue weighted by atomic mass is 16.5. The first-order chi connectivity index (χ1) is 12.5. The van der Waals surface area contributed by atoms with Gasteiger partial charge in [-0.25, -0.2) is 9.78 Å². The van der Waals surface area contributed by atoms with Gasteiger partial charge in [0.1, 0.15) is 0 Å². The summed E-state index contributed by atoms with van der Waals surface area (Å²) in [5.41, 5.74) is 1.69. The van der Waals surface area contributed by atoms with Gasteiger partial charge in [0, 0.05) is 19.2 Å². The van der Waals surface area contributed by atoms with Crippen LogP contribution in [0.2, 0.25) is 0 Å². The molecule has 1 aliphatic rings. The monoisotopic (exact) mass is 357 g/mol. The first kappa shape index (κ1) is 18.0. The third-order valence-electron chi connectivity index (χ3n) is 4.05. The Balaban J connectivity index is 1.62. The van der Waals surface area contributed by atoms with Crippen molar-refractivity contribution in [3.63, 3.8) is 0 Å². The van der Waals surface area contributed by atoms with Gasteiger partial charge in [-0.3, -0.25) is 0 Å². The molecule has 1 aromatic carbocycles. The second-order valence-corrected chi connectivity index (χ2v) is 6.20. The van der Waals surface area contributed by atoms with Crippen molar-refractivity contribution in [2.24, 2.45) is 0 Å². The Hall–Kier alpha value is -2.80. The Kier molecular flexibility index (Phi) is 5.58. The van der Waals surface area contributed by atoms with Crippen LogP contribution in [-0.4, -0.2) is 48.8 Å². The average molecular weight is 357 g/mol. The van der Waals surface area contributed by atoms with Gasteiger partial charge in [0.2, 0.25) is 5.88 Å². The van der Waals surface area contributed by atoms with Crippen molar-refractivity contribution >= 4 is 11.7 Å². The van der Waals surface area contributed by atoms with Gasteiger partial charge >= 0.3 is 6.03 Å². The zero-order valence-electron chi connectivity index (χ0n) is 15.2. The summed E-state index contributed by atoms with van der Waals surface area (Å²) in [7, 11) is 1.60. The summed E-state index contributed by atoms with van der Waals surface area (Å²) in [6.07, 6.45) is 1.62. The van der Waals surface area contributed by atoms with Crippen LogP contribution in [-0.2, 0) is 4.74 Å². The lowest BCUT2D eigenvalue weighted by Gasteiger charge is -2.31. The molecule has 1 aromatic heterocycles. The third-order valence-corrected chi connectivity index (χ3v) is 4.05. The first-order valence-electron chi connectivity index (χ1n) is 8.51.